The minimum absolute atomic E-state index is 0.277. The number of hydrogen-bond acceptors (Lipinski definition) is 3. The molecule has 0 aliphatic rings. The average Bonchev–Trinajstić information content (AvgIpc) is 3.16. The molecule has 1 N–H and O–H groups in total. The van der Waals surface area contributed by atoms with Crippen molar-refractivity contribution in [3.05, 3.63) is 65.3 Å². The van der Waals surface area contributed by atoms with Crippen LogP contribution in [0, 0.1) is 6.92 Å². The SMILES string of the molecule is CNC(Cn1ccnc1-c1cccs1)c1ccccc1C. The van der Waals surface area contributed by atoms with E-state index < -0.39 is 0 Å². The summed E-state index contributed by atoms with van der Waals surface area (Å²) < 4.78 is 2.22. The van der Waals surface area contributed by atoms with E-state index in [1.165, 1.54) is 16.0 Å². The van der Waals surface area contributed by atoms with Gasteiger partial charge in [0.05, 0.1) is 10.9 Å². The van der Waals surface area contributed by atoms with E-state index in [-0.39, 0.29) is 6.04 Å². The van der Waals surface area contributed by atoms with E-state index in [4.69, 9.17) is 0 Å². The van der Waals surface area contributed by atoms with Crippen LogP contribution in [-0.2, 0) is 6.54 Å². The van der Waals surface area contributed by atoms with Crippen molar-refractivity contribution in [3.63, 3.8) is 0 Å². The van der Waals surface area contributed by atoms with Crippen LogP contribution in [0.25, 0.3) is 10.7 Å². The summed E-state index contributed by atoms with van der Waals surface area (Å²) in [7, 11) is 2.01. The van der Waals surface area contributed by atoms with Gasteiger partial charge in [0.15, 0.2) is 0 Å². The molecule has 2 heterocycles. The maximum absolute atomic E-state index is 4.51. The van der Waals surface area contributed by atoms with Gasteiger partial charge in [0.1, 0.15) is 5.82 Å². The lowest BCUT2D eigenvalue weighted by molar-refractivity contribution is 0.501. The summed E-state index contributed by atoms with van der Waals surface area (Å²) in [5, 5.41) is 5.51. The number of rotatable bonds is 5. The molecule has 2 aromatic heterocycles. The van der Waals surface area contributed by atoms with Crippen molar-refractivity contribution < 1.29 is 0 Å². The lowest BCUT2D eigenvalue weighted by atomic mass is 10.0. The molecule has 0 saturated carbocycles. The van der Waals surface area contributed by atoms with Crippen molar-refractivity contribution in [2.45, 2.75) is 19.5 Å². The second-order valence-electron chi connectivity index (χ2n) is 5.08. The van der Waals surface area contributed by atoms with Gasteiger partial charge in [0.2, 0.25) is 0 Å². The zero-order valence-electron chi connectivity index (χ0n) is 12.3. The van der Waals surface area contributed by atoms with Crippen molar-refractivity contribution in [3.8, 4) is 10.7 Å². The molecule has 3 aromatic rings. The Balaban J connectivity index is 1.89. The zero-order valence-corrected chi connectivity index (χ0v) is 13.1. The van der Waals surface area contributed by atoms with Crippen LogP contribution in [0.3, 0.4) is 0 Å². The van der Waals surface area contributed by atoms with Gasteiger partial charge in [-0.1, -0.05) is 30.3 Å². The minimum atomic E-state index is 0.277. The molecule has 3 rings (SSSR count). The van der Waals surface area contributed by atoms with Gasteiger partial charge in [0.25, 0.3) is 0 Å². The number of likely N-dealkylation sites (N-methyl/N-ethyl adjacent to an activating group) is 1. The molecule has 1 atom stereocenters. The molecule has 0 radical (unpaired) electrons. The molecule has 0 amide bonds. The lowest BCUT2D eigenvalue weighted by Crippen LogP contribution is -2.22. The summed E-state index contributed by atoms with van der Waals surface area (Å²) in [4.78, 5) is 5.72. The van der Waals surface area contributed by atoms with Crippen LogP contribution in [0.2, 0.25) is 0 Å². The average molecular weight is 297 g/mol. The van der Waals surface area contributed by atoms with Gasteiger partial charge in [-0.25, -0.2) is 4.98 Å². The molecular weight excluding hydrogens is 278 g/mol. The molecule has 3 nitrogen and oxygen atoms in total. The van der Waals surface area contributed by atoms with Gasteiger partial charge >= 0.3 is 0 Å². The number of aromatic nitrogens is 2. The van der Waals surface area contributed by atoms with Crippen molar-refractivity contribution in [2.75, 3.05) is 7.05 Å². The first kappa shape index (κ1) is 14.0. The third-order valence-corrected chi connectivity index (χ3v) is 4.61. The number of aryl methyl sites for hydroxylation is 1. The van der Waals surface area contributed by atoms with Crippen molar-refractivity contribution in [1.82, 2.24) is 14.9 Å². The standard InChI is InChI=1S/C17H19N3S/c1-13-6-3-4-7-14(13)15(18-2)12-20-10-9-19-17(20)16-8-5-11-21-16/h3-11,15,18H,12H2,1-2H3. The molecular formula is C17H19N3S. The molecule has 0 fully saturated rings. The van der Waals surface area contributed by atoms with Gasteiger partial charge in [-0.3, -0.25) is 0 Å². The van der Waals surface area contributed by atoms with Crippen LogP contribution in [-0.4, -0.2) is 16.6 Å². The number of nitrogens with zero attached hydrogens (tertiary/aromatic N) is 2. The molecule has 1 aromatic carbocycles. The lowest BCUT2D eigenvalue weighted by Gasteiger charge is -2.20. The molecule has 1 unspecified atom stereocenters. The van der Waals surface area contributed by atoms with Crippen molar-refractivity contribution >= 4 is 11.3 Å². The van der Waals surface area contributed by atoms with Gasteiger partial charge in [0, 0.05) is 18.9 Å². The molecule has 4 heteroatoms. The molecule has 0 bridgehead atoms. The normalized spacial score (nSPS) is 12.5. The highest BCUT2D eigenvalue weighted by atomic mass is 32.1. The maximum atomic E-state index is 4.51. The molecule has 0 spiro atoms. The Bertz CT molecular complexity index is 700. The Morgan fingerprint density at radius 3 is 2.81 bits per heavy atom. The fourth-order valence-electron chi connectivity index (χ4n) is 2.61. The van der Waals surface area contributed by atoms with Gasteiger partial charge in [-0.05, 0) is 36.5 Å². The fraction of sp³-hybridized carbons (Fsp3) is 0.235. The van der Waals surface area contributed by atoms with Crippen LogP contribution >= 0.6 is 11.3 Å². The fourth-order valence-corrected chi connectivity index (χ4v) is 3.34. The van der Waals surface area contributed by atoms with E-state index in [1.807, 2.05) is 13.2 Å². The van der Waals surface area contributed by atoms with Crippen LogP contribution in [0.1, 0.15) is 17.2 Å². The predicted octanol–water partition coefficient (Wildman–Crippen LogP) is 3.88. The second-order valence-corrected chi connectivity index (χ2v) is 6.03. The highest BCUT2D eigenvalue weighted by molar-refractivity contribution is 7.13. The topological polar surface area (TPSA) is 29.9 Å². The minimum Gasteiger partial charge on any atom is -0.328 e. The summed E-state index contributed by atoms with van der Waals surface area (Å²) in [6.45, 7) is 3.03. The Morgan fingerprint density at radius 1 is 1.24 bits per heavy atom. The van der Waals surface area contributed by atoms with Crippen LogP contribution in [0.4, 0.5) is 0 Å². The van der Waals surface area contributed by atoms with E-state index >= 15 is 0 Å². The summed E-state index contributed by atoms with van der Waals surface area (Å²) in [5.74, 6) is 1.04. The smallest absolute Gasteiger partial charge is 0.150 e. The summed E-state index contributed by atoms with van der Waals surface area (Å²) in [6, 6.07) is 13.0. The maximum Gasteiger partial charge on any atom is 0.150 e. The van der Waals surface area contributed by atoms with Gasteiger partial charge in [-0.15, -0.1) is 11.3 Å². The number of benzene rings is 1. The molecule has 0 saturated heterocycles. The Labute approximate surface area is 129 Å². The van der Waals surface area contributed by atoms with Crippen molar-refractivity contribution in [2.24, 2.45) is 0 Å². The van der Waals surface area contributed by atoms with Crippen molar-refractivity contribution in [1.29, 1.82) is 0 Å². The number of thiophene rings is 1. The summed E-state index contributed by atoms with van der Waals surface area (Å²) in [6.07, 6.45) is 3.93. The largest absolute Gasteiger partial charge is 0.328 e. The van der Waals surface area contributed by atoms with Crippen LogP contribution in [0.15, 0.2) is 54.2 Å². The quantitative estimate of drug-likeness (QED) is 0.774. The Kier molecular flexibility index (Phi) is 4.18. The predicted molar refractivity (Wildman–Crippen MR) is 88.5 cm³/mol. The Morgan fingerprint density at radius 2 is 2.10 bits per heavy atom. The van der Waals surface area contributed by atoms with E-state index in [1.54, 1.807) is 11.3 Å². The highest BCUT2D eigenvalue weighted by Gasteiger charge is 2.15. The third-order valence-electron chi connectivity index (χ3n) is 3.75. The zero-order chi connectivity index (χ0) is 14.7. The molecule has 108 valence electrons. The number of hydrogen-bond donors (Lipinski definition) is 1. The Hall–Kier alpha value is -1.91. The first-order valence-corrected chi connectivity index (χ1v) is 7.95. The van der Waals surface area contributed by atoms with E-state index in [0.29, 0.717) is 0 Å². The van der Waals surface area contributed by atoms with Gasteiger partial charge in [-0.2, -0.15) is 0 Å². The summed E-state index contributed by atoms with van der Waals surface area (Å²) in [5.41, 5.74) is 2.65. The molecule has 0 aliphatic heterocycles. The first-order chi connectivity index (χ1) is 10.3. The first-order valence-electron chi connectivity index (χ1n) is 7.07. The van der Waals surface area contributed by atoms with E-state index in [0.717, 1.165) is 12.4 Å². The number of nitrogens with one attached hydrogen (secondary N) is 1. The molecule has 0 aliphatic carbocycles. The molecule has 21 heavy (non-hydrogen) atoms. The number of imidazole rings is 1. The third kappa shape index (κ3) is 2.91. The summed E-state index contributed by atoms with van der Waals surface area (Å²) >= 11 is 1.72. The highest BCUT2D eigenvalue weighted by Crippen LogP contribution is 2.25. The van der Waals surface area contributed by atoms with Crippen LogP contribution < -0.4 is 5.32 Å². The van der Waals surface area contributed by atoms with Gasteiger partial charge < -0.3 is 9.88 Å². The second kappa shape index (κ2) is 6.24. The van der Waals surface area contributed by atoms with Crippen LogP contribution in [0.5, 0.6) is 0 Å². The monoisotopic (exact) mass is 297 g/mol. The van der Waals surface area contributed by atoms with E-state index in [2.05, 4.69) is 69.8 Å². The van der Waals surface area contributed by atoms with E-state index in [9.17, 15) is 0 Å².